The van der Waals surface area contributed by atoms with E-state index in [1.54, 1.807) is 11.6 Å². The Balaban J connectivity index is 1.52. The predicted octanol–water partition coefficient (Wildman–Crippen LogP) is 0.170. The van der Waals surface area contributed by atoms with Crippen LogP contribution in [0.2, 0.25) is 0 Å². The average Bonchev–Trinajstić information content (AvgIpc) is 3.20. The van der Waals surface area contributed by atoms with Crippen molar-refractivity contribution in [1.29, 1.82) is 0 Å². The molecule has 1 atom stereocenters. The van der Waals surface area contributed by atoms with Crippen LogP contribution in [0.5, 0.6) is 5.75 Å². The molecule has 34 heavy (non-hydrogen) atoms. The molecule has 1 aliphatic rings. The van der Waals surface area contributed by atoms with E-state index < -0.39 is 17.4 Å². The monoisotopic (exact) mass is 472 g/mol. The molecule has 0 bridgehead atoms. The molecule has 0 aliphatic carbocycles. The molecule has 0 unspecified atom stereocenters. The fourth-order valence-corrected chi connectivity index (χ4v) is 4.01. The predicted molar refractivity (Wildman–Crippen MR) is 129 cm³/mol. The number of aromatic nitrogens is 4. The molecule has 1 fully saturated rings. The summed E-state index contributed by atoms with van der Waals surface area (Å²) in [6, 6.07) is 7.73. The molecular formula is C23H32N6O5. The van der Waals surface area contributed by atoms with Gasteiger partial charge >= 0.3 is 5.69 Å². The lowest BCUT2D eigenvalue weighted by Crippen LogP contribution is -2.39. The fourth-order valence-electron chi connectivity index (χ4n) is 4.01. The number of nitrogens with zero attached hydrogens (tertiary/aromatic N) is 4. The molecule has 1 aromatic carbocycles. The third kappa shape index (κ3) is 5.49. The first-order valence-corrected chi connectivity index (χ1v) is 11.6. The number of anilines is 1. The van der Waals surface area contributed by atoms with Crippen molar-refractivity contribution in [1.82, 2.24) is 24.0 Å². The zero-order chi connectivity index (χ0) is 24.1. The van der Waals surface area contributed by atoms with Crippen LogP contribution in [0, 0.1) is 0 Å². The molecule has 0 spiro atoms. The third-order valence-electron chi connectivity index (χ3n) is 5.96. The lowest BCUT2D eigenvalue weighted by molar-refractivity contribution is 0.0398. The number of benzene rings is 1. The maximum absolute atomic E-state index is 12.6. The van der Waals surface area contributed by atoms with Crippen LogP contribution in [0.15, 0.2) is 33.9 Å². The highest BCUT2D eigenvalue weighted by molar-refractivity contribution is 5.74. The van der Waals surface area contributed by atoms with Crippen molar-refractivity contribution in [2.24, 2.45) is 7.05 Å². The van der Waals surface area contributed by atoms with Gasteiger partial charge in [0.25, 0.3) is 5.56 Å². The van der Waals surface area contributed by atoms with Gasteiger partial charge in [-0.15, -0.1) is 0 Å². The average molecular weight is 473 g/mol. The summed E-state index contributed by atoms with van der Waals surface area (Å²) >= 11 is 0. The molecule has 3 aromatic rings. The smallest absolute Gasteiger partial charge is 0.329 e. The molecule has 3 N–H and O–H groups in total. The van der Waals surface area contributed by atoms with Gasteiger partial charge < -0.3 is 24.5 Å². The number of aliphatic hydroxyl groups excluding tert-OH is 1. The van der Waals surface area contributed by atoms with E-state index in [0.717, 1.165) is 31.6 Å². The molecule has 1 aliphatic heterocycles. The van der Waals surface area contributed by atoms with Gasteiger partial charge in [0.05, 0.1) is 19.8 Å². The van der Waals surface area contributed by atoms with Crippen LogP contribution in [-0.4, -0.2) is 81.2 Å². The number of rotatable bonds is 10. The van der Waals surface area contributed by atoms with E-state index in [1.165, 1.54) is 4.57 Å². The second kappa shape index (κ2) is 10.9. The van der Waals surface area contributed by atoms with Crippen LogP contribution >= 0.6 is 0 Å². The van der Waals surface area contributed by atoms with E-state index >= 15 is 0 Å². The number of aromatic amines is 1. The van der Waals surface area contributed by atoms with Crippen molar-refractivity contribution in [3.8, 4) is 5.75 Å². The highest BCUT2D eigenvalue weighted by Crippen LogP contribution is 2.18. The van der Waals surface area contributed by atoms with Crippen LogP contribution in [0.1, 0.15) is 12.5 Å². The summed E-state index contributed by atoms with van der Waals surface area (Å²) in [6.07, 6.45) is -0.0130. The zero-order valence-corrected chi connectivity index (χ0v) is 19.6. The normalized spacial score (nSPS) is 15.5. The molecule has 3 heterocycles. The van der Waals surface area contributed by atoms with E-state index in [1.807, 2.05) is 24.3 Å². The molecule has 4 rings (SSSR count). The van der Waals surface area contributed by atoms with E-state index in [0.29, 0.717) is 31.5 Å². The number of aryl methyl sites for hydroxylation is 2. The molecule has 0 amide bonds. The number of ether oxygens (including phenoxy) is 2. The molecule has 11 heteroatoms. The van der Waals surface area contributed by atoms with Crippen molar-refractivity contribution in [2.75, 3.05) is 51.3 Å². The van der Waals surface area contributed by atoms with Crippen LogP contribution < -0.4 is 21.3 Å². The Morgan fingerprint density at radius 1 is 1.29 bits per heavy atom. The van der Waals surface area contributed by atoms with Gasteiger partial charge in [-0.2, -0.15) is 4.98 Å². The van der Waals surface area contributed by atoms with Crippen molar-refractivity contribution in [2.45, 2.75) is 26.0 Å². The SMILES string of the molecule is CCc1cccc(OC[C@@H](O)Cn2c(NCCN3CCOCC3)nc3c2c(=O)[nH]c(=O)n3C)c1. The van der Waals surface area contributed by atoms with Gasteiger partial charge in [0.15, 0.2) is 11.2 Å². The first-order chi connectivity index (χ1) is 16.5. The fraction of sp³-hybridized carbons (Fsp3) is 0.522. The van der Waals surface area contributed by atoms with Crippen molar-refractivity contribution in [3.05, 3.63) is 50.7 Å². The van der Waals surface area contributed by atoms with Crippen LogP contribution in [0.25, 0.3) is 11.2 Å². The lowest BCUT2D eigenvalue weighted by Gasteiger charge is -2.26. The Kier molecular flexibility index (Phi) is 7.66. The summed E-state index contributed by atoms with van der Waals surface area (Å²) in [5, 5.41) is 14.0. The van der Waals surface area contributed by atoms with Gasteiger partial charge in [0, 0.05) is 33.2 Å². The minimum absolute atomic E-state index is 0.0454. The Morgan fingerprint density at radius 3 is 2.85 bits per heavy atom. The number of imidazole rings is 1. The van der Waals surface area contributed by atoms with Crippen molar-refractivity contribution in [3.63, 3.8) is 0 Å². The lowest BCUT2D eigenvalue weighted by atomic mass is 10.2. The maximum Gasteiger partial charge on any atom is 0.329 e. The summed E-state index contributed by atoms with van der Waals surface area (Å²) in [7, 11) is 1.55. The number of H-pyrrole nitrogens is 1. The minimum atomic E-state index is -0.904. The quantitative estimate of drug-likeness (QED) is 0.381. The minimum Gasteiger partial charge on any atom is -0.491 e. The zero-order valence-electron chi connectivity index (χ0n) is 19.6. The van der Waals surface area contributed by atoms with Gasteiger partial charge in [-0.05, 0) is 24.1 Å². The third-order valence-corrected chi connectivity index (χ3v) is 5.96. The van der Waals surface area contributed by atoms with E-state index in [2.05, 4.69) is 27.1 Å². The van der Waals surface area contributed by atoms with Gasteiger partial charge in [-0.25, -0.2) is 4.79 Å². The maximum atomic E-state index is 12.6. The Morgan fingerprint density at radius 2 is 2.09 bits per heavy atom. The molecule has 1 saturated heterocycles. The Bertz CT molecular complexity index is 1230. The van der Waals surface area contributed by atoms with E-state index in [-0.39, 0.29) is 24.3 Å². The number of fused-ring (bicyclic) bond motifs is 1. The number of hydrogen-bond donors (Lipinski definition) is 3. The van der Waals surface area contributed by atoms with Gasteiger partial charge in [-0.1, -0.05) is 19.1 Å². The Hall–Kier alpha value is -3.15. The largest absolute Gasteiger partial charge is 0.491 e. The second-order valence-corrected chi connectivity index (χ2v) is 8.38. The first kappa shape index (κ1) is 24.0. The van der Waals surface area contributed by atoms with Gasteiger partial charge in [-0.3, -0.25) is 19.2 Å². The van der Waals surface area contributed by atoms with E-state index in [4.69, 9.17) is 9.47 Å². The number of hydrogen-bond acceptors (Lipinski definition) is 8. The first-order valence-electron chi connectivity index (χ1n) is 11.6. The molecule has 0 saturated carbocycles. The summed E-state index contributed by atoms with van der Waals surface area (Å²) in [4.78, 5) is 33.8. The highest BCUT2D eigenvalue weighted by Gasteiger charge is 2.20. The molecule has 0 radical (unpaired) electrons. The van der Waals surface area contributed by atoms with Gasteiger partial charge in [0.2, 0.25) is 5.95 Å². The van der Waals surface area contributed by atoms with Crippen LogP contribution in [-0.2, 0) is 24.8 Å². The number of nitrogens with one attached hydrogen (secondary N) is 2. The van der Waals surface area contributed by atoms with Crippen molar-refractivity contribution >= 4 is 17.1 Å². The Labute approximate surface area is 196 Å². The summed E-state index contributed by atoms with van der Waals surface area (Å²) in [6.45, 7) is 6.70. The highest BCUT2D eigenvalue weighted by atomic mass is 16.5. The van der Waals surface area contributed by atoms with E-state index in [9.17, 15) is 14.7 Å². The molecule has 184 valence electrons. The standard InChI is InChI=1S/C23H32N6O5/c1-3-16-5-4-6-18(13-16)34-15-17(30)14-29-19-20(27(2)23(32)26-21(19)31)25-22(29)24-7-8-28-9-11-33-12-10-28/h4-6,13,17,30H,3,7-12,14-15H2,1-2H3,(H,24,25)(H,26,31,32)/t17-/m0/s1. The van der Waals surface area contributed by atoms with Crippen LogP contribution in [0.4, 0.5) is 5.95 Å². The topological polar surface area (TPSA) is 127 Å². The van der Waals surface area contributed by atoms with Crippen molar-refractivity contribution < 1.29 is 14.6 Å². The van der Waals surface area contributed by atoms with Crippen LogP contribution in [0.3, 0.4) is 0 Å². The summed E-state index contributed by atoms with van der Waals surface area (Å²) < 4.78 is 14.1. The summed E-state index contributed by atoms with van der Waals surface area (Å²) in [5.41, 5.74) is 0.540. The molecular weight excluding hydrogens is 440 g/mol. The summed E-state index contributed by atoms with van der Waals surface area (Å²) in [5.74, 6) is 1.10. The molecule has 11 nitrogen and oxygen atoms in total. The number of morpholine rings is 1. The second-order valence-electron chi connectivity index (χ2n) is 8.38. The molecule has 2 aromatic heterocycles. The van der Waals surface area contributed by atoms with Gasteiger partial charge in [0.1, 0.15) is 18.5 Å². The number of aliphatic hydroxyl groups is 1.